The molecule has 1 amide bonds. The van der Waals surface area contributed by atoms with Crippen LogP contribution in [0.15, 0.2) is 42.7 Å². The van der Waals surface area contributed by atoms with Crippen molar-refractivity contribution in [1.29, 1.82) is 0 Å². The summed E-state index contributed by atoms with van der Waals surface area (Å²) in [4.78, 5) is 25.7. The number of methoxy groups -OCH3 is 1. The van der Waals surface area contributed by atoms with Crippen LogP contribution in [0.3, 0.4) is 0 Å². The summed E-state index contributed by atoms with van der Waals surface area (Å²) >= 11 is 0. The summed E-state index contributed by atoms with van der Waals surface area (Å²) in [6, 6.07) is 10.2. The van der Waals surface area contributed by atoms with Crippen LogP contribution < -0.4 is 9.64 Å². The highest BCUT2D eigenvalue weighted by Crippen LogP contribution is 2.41. The Morgan fingerprint density at radius 1 is 1.11 bits per heavy atom. The fourth-order valence-corrected chi connectivity index (χ4v) is 4.45. The Morgan fingerprint density at radius 3 is 2.74 bits per heavy atom. The van der Waals surface area contributed by atoms with E-state index in [4.69, 9.17) is 4.74 Å². The highest BCUT2D eigenvalue weighted by Gasteiger charge is 2.42. The number of amides is 1. The molecule has 0 N–H and O–H groups in total. The van der Waals surface area contributed by atoms with Crippen LogP contribution in [0.2, 0.25) is 0 Å². The molecule has 1 aromatic carbocycles. The van der Waals surface area contributed by atoms with Crippen LogP contribution in [-0.4, -0.2) is 47.5 Å². The molecule has 1 unspecified atom stereocenters. The van der Waals surface area contributed by atoms with Crippen molar-refractivity contribution in [3.8, 4) is 5.88 Å². The molecule has 6 heteroatoms. The summed E-state index contributed by atoms with van der Waals surface area (Å²) in [5.74, 6) is 1.65. The zero-order valence-electron chi connectivity index (χ0n) is 15.8. The number of hydrogen-bond donors (Lipinski definition) is 0. The second-order valence-corrected chi connectivity index (χ2v) is 7.65. The van der Waals surface area contributed by atoms with Crippen molar-refractivity contribution in [2.75, 3.05) is 31.6 Å². The van der Waals surface area contributed by atoms with Crippen molar-refractivity contribution >= 4 is 11.7 Å². The number of rotatable bonds is 4. The van der Waals surface area contributed by atoms with Gasteiger partial charge in [-0.15, -0.1) is 0 Å². The minimum Gasteiger partial charge on any atom is -0.478 e. The van der Waals surface area contributed by atoms with E-state index in [1.54, 1.807) is 19.5 Å². The first-order chi connectivity index (χ1) is 13.2. The van der Waals surface area contributed by atoms with Gasteiger partial charge in [-0.1, -0.05) is 30.3 Å². The predicted molar refractivity (Wildman–Crippen MR) is 104 cm³/mol. The minimum absolute atomic E-state index is 0.115. The van der Waals surface area contributed by atoms with Crippen LogP contribution in [-0.2, 0) is 11.3 Å². The van der Waals surface area contributed by atoms with Crippen LogP contribution in [0.5, 0.6) is 5.88 Å². The standard InChI is InChI=1S/C21H26N4O2/c1-27-20-19(22-11-12-23-20)24-13-5-9-21(15-24)10-8-18(26)25(16-21)14-17-6-3-2-4-7-17/h2-4,6-7,11-12H,5,8-10,13-16H2,1H3. The normalized spacial score (nSPS) is 22.9. The van der Waals surface area contributed by atoms with Gasteiger partial charge in [-0.05, 0) is 24.8 Å². The molecule has 0 bridgehead atoms. The number of carbonyl (C=O) groups excluding carboxylic acids is 1. The average Bonchev–Trinajstić information content (AvgIpc) is 2.72. The highest BCUT2D eigenvalue weighted by molar-refractivity contribution is 5.77. The van der Waals surface area contributed by atoms with Gasteiger partial charge in [0.1, 0.15) is 0 Å². The molecule has 142 valence electrons. The lowest BCUT2D eigenvalue weighted by Gasteiger charge is -2.48. The third kappa shape index (κ3) is 3.75. The second kappa shape index (κ2) is 7.55. The monoisotopic (exact) mass is 366 g/mol. The fraction of sp³-hybridized carbons (Fsp3) is 0.476. The van der Waals surface area contributed by atoms with Crippen LogP contribution in [0.25, 0.3) is 0 Å². The molecule has 2 aliphatic heterocycles. The lowest BCUT2D eigenvalue weighted by molar-refractivity contribution is -0.138. The minimum atomic E-state index is 0.115. The van der Waals surface area contributed by atoms with Crippen molar-refractivity contribution in [1.82, 2.24) is 14.9 Å². The molecule has 1 aromatic heterocycles. The number of benzene rings is 1. The van der Waals surface area contributed by atoms with Gasteiger partial charge in [0.2, 0.25) is 5.91 Å². The van der Waals surface area contributed by atoms with Crippen molar-refractivity contribution < 1.29 is 9.53 Å². The number of anilines is 1. The van der Waals surface area contributed by atoms with E-state index in [-0.39, 0.29) is 11.3 Å². The number of nitrogens with zero attached hydrogens (tertiary/aromatic N) is 4. The Morgan fingerprint density at radius 2 is 1.93 bits per heavy atom. The van der Waals surface area contributed by atoms with Crippen molar-refractivity contribution in [3.63, 3.8) is 0 Å². The van der Waals surface area contributed by atoms with Crippen molar-refractivity contribution in [2.24, 2.45) is 5.41 Å². The zero-order valence-corrected chi connectivity index (χ0v) is 15.8. The maximum atomic E-state index is 12.5. The third-order valence-corrected chi connectivity index (χ3v) is 5.77. The van der Waals surface area contributed by atoms with Gasteiger partial charge in [0.05, 0.1) is 7.11 Å². The first kappa shape index (κ1) is 17.8. The van der Waals surface area contributed by atoms with Gasteiger partial charge in [-0.3, -0.25) is 4.79 Å². The Bertz CT molecular complexity index is 798. The van der Waals surface area contributed by atoms with Gasteiger partial charge >= 0.3 is 0 Å². The second-order valence-electron chi connectivity index (χ2n) is 7.65. The average molecular weight is 366 g/mol. The summed E-state index contributed by atoms with van der Waals surface area (Å²) in [6.07, 6.45) is 7.17. The molecule has 0 saturated carbocycles. The topological polar surface area (TPSA) is 58.6 Å². The van der Waals surface area contributed by atoms with Crippen LogP contribution in [0.1, 0.15) is 31.2 Å². The third-order valence-electron chi connectivity index (χ3n) is 5.77. The van der Waals surface area contributed by atoms with Crippen LogP contribution in [0.4, 0.5) is 5.82 Å². The Kier molecular flexibility index (Phi) is 4.97. The number of ether oxygens (including phenoxy) is 1. The smallest absolute Gasteiger partial charge is 0.257 e. The quantitative estimate of drug-likeness (QED) is 0.833. The molecule has 1 atom stereocenters. The number of aromatic nitrogens is 2. The molecule has 2 aliphatic rings. The first-order valence-corrected chi connectivity index (χ1v) is 9.61. The fourth-order valence-electron chi connectivity index (χ4n) is 4.45. The number of piperidine rings is 2. The van der Waals surface area contributed by atoms with E-state index >= 15 is 0 Å². The molecule has 27 heavy (non-hydrogen) atoms. The van der Waals surface area contributed by atoms with Crippen LogP contribution >= 0.6 is 0 Å². The Labute approximate surface area is 160 Å². The van der Waals surface area contributed by atoms with E-state index < -0.39 is 0 Å². The number of likely N-dealkylation sites (tertiary alicyclic amines) is 1. The van der Waals surface area contributed by atoms with Crippen molar-refractivity contribution in [3.05, 3.63) is 48.3 Å². The van der Waals surface area contributed by atoms with E-state index in [9.17, 15) is 4.79 Å². The lowest BCUT2D eigenvalue weighted by atomic mass is 9.73. The molecule has 2 saturated heterocycles. The lowest BCUT2D eigenvalue weighted by Crippen LogP contribution is -2.54. The molecule has 2 fully saturated rings. The zero-order chi connectivity index (χ0) is 18.7. The van der Waals surface area contributed by atoms with Gasteiger partial charge in [0.15, 0.2) is 5.82 Å². The Hall–Kier alpha value is -2.63. The molecule has 4 rings (SSSR count). The van der Waals surface area contributed by atoms with Crippen molar-refractivity contribution in [2.45, 2.75) is 32.2 Å². The molecule has 2 aromatic rings. The first-order valence-electron chi connectivity index (χ1n) is 9.61. The number of carbonyl (C=O) groups is 1. The van der Waals surface area contributed by atoms with E-state index in [2.05, 4.69) is 27.0 Å². The molecule has 3 heterocycles. The molecule has 6 nitrogen and oxygen atoms in total. The van der Waals surface area contributed by atoms with Gasteiger partial charge in [-0.2, -0.15) is 0 Å². The molecule has 1 spiro atoms. The summed E-state index contributed by atoms with van der Waals surface area (Å²) in [6.45, 7) is 3.33. The molecule has 0 radical (unpaired) electrons. The summed E-state index contributed by atoms with van der Waals surface area (Å²) < 4.78 is 5.41. The molecule has 0 aliphatic carbocycles. The van der Waals surface area contributed by atoms with Gasteiger partial charge in [0.25, 0.3) is 5.88 Å². The van der Waals surface area contributed by atoms with E-state index in [1.165, 1.54) is 5.56 Å². The Balaban J connectivity index is 1.52. The molecular formula is C21H26N4O2. The number of hydrogen-bond acceptors (Lipinski definition) is 5. The summed E-state index contributed by atoms with van der Waals surface area (Å²) in [5, 5.41) is 0. The van der Waals surface area contributed by atoms with Gasteiger partial charge < -0.3 is 14.5 Å². The van der Waals surface area contributed by atoms with E-state index in [1.807, 2.05) is 23.1 Å². The summed E-state index contributed by atoms with van der Waals surface area (Å²) in [7, 11) is 1.63. The van der Waals surface area contributed by atoms with Crippen LogP contribution in [0, 0.1) is 5.41 Å². The highest BCUT2D eigenvalue weighted by atomic mass is 16.5. The predicted octanol–water partition coefficient (Wildman–Crippen LogP) is 2.89. The SMILES string of the molecule is COc1nccnc1N1CCCC2(CCC(=O)N(Cc3ccccc3)C2)C1. The van der Waals surface area contributed by atoms with Gasteiger partial charge in [0, 0.05) is 50.4 Å². The van der Waals surface area contributed by atoms with E-state index in [0.717, 1.165) is 44.7 Å². The summed E-state index contributed by atoms with van der Waals surface area (Å²) in [5.41, 5.74) is 1.30. The largest absolute Gasteiger partial charge is 0.478 e. The maximum Gasteiger partial charge on any atom is 0.257 e. The maximum absolute atomic E-state index is 12.5. The van der Waals surface area contributed by atoms with Gasteiger partial charge in [-0.25, -0.2) is 9.97 Å². The molecular weight excluding hydrogens is 340 g/mol. The van der Waals surface area contributed by atoms with E-state index in [0.29, 0.717) is 18.8 Å².